The maximum Gasteiger partial charge on any atom is 0.330 e. The molecular formula is C33H50O13. The van der Waals surface area contributed by atoms with Crippen molar-refractivity contribution >= 4 is 17.9 Å². The molecule has 46 heavy (non-hydrogen) atoms. The fraction of sp³-hybridized carbons (Fsp3) is 0.788. The molecule has 3 N–H and O–H groups in total. The van der Waals surface area contributed by atoms with Gasteiger partial charge in [-0.25, -0.2) is 4.79 Å². The Kier molecular flexibility index (Phi) is 12.4. The summed E-state index contributed by atoms with van der Waals surface area (Å²) in [5.41, 5.74) is -1.07. The van der Waals surface area contributed by atoms with Crippen LogP contribution in [0.5, 0.6) is 0 Å². The van der Waals surface area contributed by atoms with E-state index in [4.69, 9.17) is 33.2 Å². The Bertz CT molecular complexity index is 1130. The van der Waals surface area contributed by atoms with Crippen molar-refractivity contribution in [3.05, 3.63) is 23.8 Å². The average molecular weight is 655 g/mol. The summed E-state index contributed by atoms with van der Waals surface area (Å²) < 4.78 is 40.8. The molecule has 0 unspecified atom stereocenters. The Balaban J connectivity index is 1.72. The van der Waals surface area contributed by atoms with Crippen molar-refractivity contribution in [1.29, 1.82) is 0 Å². The molecule has 13 nitrogen and oxygen atoms in total. The van der Waals surface area contributed by atoms with Gasteiger partial charge in [-0.2, -0.15) is 0 Å². The second-order valence-electron chi connectivity index (χ2n) is 13.4. The molecule has 0 spiro atoms. The van der Waals surface area contributed by atoms with E-state index in [-0.39, 0.29) is 49.6 Å². The lowest BCUT2D eigenvalue weighted by Crippen LogP contribution is -2.62. The van der Waals surface area contributed by atoms with E-state index in [1.165, 1.54) is 21.0 Å². The Labute approximate surface area is 270 Å². The maximum absolute atomic E-state index is 12.9. The van der Waals surface area contributed by atoms with Gasteiger partial charge in [0.25, 0.3) is 0 Å². The molecule has 0 radical (unpaired) electrons. The zero-order chi connectivity index (χ0) is 33.6. The third-order valence-corrected chi connectivity index (χ3v) is 9.15. The second kappa shape index (κ2) is 15.7. The molecule has 4 aliphatic rings. The Morgan fingerprint density at radius 2 is 1.74 bits per heavy atom. The summed E-state index contributed by atoms with van der Waals surface area (Å²) in [5, 5.41) is 33.7. The molecule has 3 fully saturated rings. The molecule has 3 saturated heterocycles. The van der Waals surface area contributed by atoms with Gasteiger partial charge < -0.3 is 48.5 Å². The Morgan fingerprint density at radius 3 is 2.41 bits per heavy atom. The molecule has 4 rings (SSSR count). The summed E-state index contributed by atoms with van der Waals surface area (Å²) in [4.78, 5) is 37.7. The van der Waals surface area contributed by atoms with Crippen molar-refractivity contribution in [2.45, 2.75) is 146 Å². The highest BCUT2D eigenvalue weighted by atomic mass is 16.7. The number of aliphatic hydroxyl groups excluding tert-OH is 2. The summed E-state index contributed by atoms with van der Waals surface area (Å²) >= 11 is 0. The number of aliphatic hydroxyl groups is 3. The van der Waals surface area contributed by atoms with Gasteiger partial charge in [-0.1, -0.05) is 19.9 Å². The molecule has 0 amide bonds. The molecule has 0 aromatic heterocycles. The summed E-state index contributed by atoms with van der Waals surface area (Å²) in [7, 11) is 1.20. The second-order valence-corrected chi connectivity index (χ2v) is 13.4. The highest BCUT2D eigenvalue weighted by Crippen LogP contribution is 2.47. The van der Waals surface area contributed by atoms with Crippen LogP contribution in [0.2, 0.25) is 0 Å². The molecule has 10 atom stereocenters. The zero-order valence-corrected chi connectivity index (χ0v) is 27.4. The first-order valence-corrected chi connectivity index (χ1v) is 16.2. The number of methoxy groups -OCH3 is 1. The molecule has 4 heterocycles. The van der Waals surface area contributed by atoms with Crippen LogP contribution in [0.3, 0.4) is 0 Å². The summed E-state index contributed by atoms with van der Waals surface area (Å²) in [6.45, 7) is 6.43. The predicted molar refractivity (Wildman–Crippen MR) is 161 cm³/mol. The van der Waals surface area contributed by atoms with Crippen molar-refractivity contribution < 1.29 is 62.9 Å². The summed E-state index contributed by atoms with van der Waals surface area (Å²) in [6, 6.07) is 0. The number of carbonyl (C=O) groups excluding carboxylic acids is 3. The van der Waals surface area contributed by atoms with E-state index >= 15 is 0 Å². The first-order valence-electron chi connectivity index (χ1n) is 16.2. The van der Waals surface area contributed by atoms with Crippen LogP contribution in [-0.2, 0) is 47.5 Å². The van der Waals surface area contributed by atoms with E-state index in [9.17, 15) is 29.7 Å². The van der Waals surface area contributed by atoms with Gasteiger partial charge in [-0.15, -0.1) is 0 Å². The molecular weight excluding hydrogens is 604 g/mol. The monoisotopic (exact) mass is 654 g/mol. The molecule has 0 aromatic rings. The lowest BCUT2D eigenvalue weighted by molar-refractivity contribution is -0.327. The van der Waals surface area contributed by atoms with Gasteiger partial charge in [0.2, 0.25) is 5.79 Å². The predicted octanol–water partition coefficient (Wildman–Crippen LogP) is 2.37. The Morgan fingerprint density at radius 1 is 1.04 bits per heavy atom. The van der Waals surface area contributed by atoms with Crippen molar-refractivity contribution in [1.82, 2.24) is 0 Å². The van der Waals surface area contributed by atoms with Gasteiger partial charge in [0.15, 0.2) is 12.4 Å². The maximum atomic E-state index is 12.9. The van der Waals surface area contributed by atoms with Crippen molar-refractivity contribution in [3.8, 4) is 0 Å². The SMILES string of the molecule is COC(=O)/C=C1\C[C@H]2C[C@H]([C@@H](C)O)OC(=O)C[C@H](O)C[C@@H]3CCC[C@H](C[C@@H]4CCO[C@H](/C=C/C(C)(C)[C@](O)(O2)[C@H]1OC(C)=O)O4)O3. The van der Waals surface area contributed by atoms with Crippen molar-refractivity contribution in [3.63, 3.8) is 0 Å². The van der Waals surface area contributed by atoms with Crippen LogP contribution < -0.4 is 0 Å². The fourth-order valence-electron chi connectivity index (χ4n) is 6.61. The highest BCUT2D eigenvalue weighted by molar-refractivity contribution is 5.83. The number of hydrogen-bond acceptors (Lipinski definition) is 13. The Hall–Kier alpha value is -2.39. The topological polar surface area (TPSA) is 177 Å². The number of cyclic esters (lactones) is 1. The van der Waals surface area contributed by atoms with E-state index in [1.54, 1.807) is 26.0 Å². The average Bonchev–Trinajstić information content (AvgIpc) is 2.97. The van der Waals surface area contributed by atoms with E-state index in [0.29, 0.717) is 19.4 Å². The number of rotatable bonds is 3. The van der Waals surface area contributed by atoms with Gasteiger partial charge >= 0.3 is 17.9 Å². The number of ether oxygens (including phenoxy) is 7. The first-order chi connectivity index (χ1) is 21.7. The number of hydrogen-bond donors (Lipinski definition) is 3. The quantitative estimate of drug-likeness (QED) is 0.175. The van der Waals surface area contributed by atoms with Crippen LogP contribution in [0, 0.1) is 5.41 Å². The van der Waals surface area contributed by atoms with E-state index in [1.807, 2.05) is 0 Å². The lowest BCUT2D eigenvalue weighted by Gasteiger charge is -2.51. The minimum Gasteiger partial charge on any atom is -0.466 e. The molecule has 6 bridgehead atoms. The van der Waals surface area contributed by atoms with E-state index in [2.05, 4.69) is 0 Å². The molecule has 13 heteroatoms. The van der Waals surface area contributed by atoms with E-state index < -0.39 is 65.9 Å². The minimum absolute atomic E-state index is 0.0186. The number of esters is 3. The molecule has 0 aliphatic carbocycles. The molecule has 0 saturated carbocycles. The molecule has 4 aliphatic heterocycles. The smallest absolute Gasteiger partial charge is 0.330 e. The third kappa shape index (κ3) is 9.36. The molecule has 0 aromatic carbocycles. The van der Waals surface area contributed by atoms with Crippen LogP contribution in [0.15, 0.2) is 23.8 Å². The van der Waals surface area contributed by atoms with Gasteiger partial charge in [-0.05, 0) is 57.1 Å². The van der Waals surface area contributed by atoms with Gasteiger partial charge in [-0.3, -0.25) is 9.59 Å². The van der Waals surface area contributed by atoms with E-state index in [0.717, 1.165) is 25.3 Å². The first kappa shape index (κ1) is 36.4. The van der Waals surface area contributed by atoms with Crippen LogP contribution in [-0.4, -0.2) is 108 Å². The lowest BCUT2D eigenvalue weighted by atomic mass is 9.74. The van der Waals surface area contributed by atoms with Crippen LogP contribution in [0.4, 0.5) is 0 Å². The number of fused-ring (bicyclic) bond motifs is 6. The van der Waals surface area contributed by atoms with Gasteiger partial charge in [0.1, 0.15) is 6.10 Å². The highest BCUT2D eigenvalue weighted by Gasteiger charge is 2.57. The van der Waals surface area contributed by atoms with Crippen LogP contribution >= 0.6 is 0 Å². The van der Waals surface area contributed by atoms with Crippen molar-refractivity contribution in [2.75, 3.05) is 13.7 Å². The normalized spacial score (nSPS) is 39.7. The summed E-state index contributed by atoms with van der Waals surface area (Å²) in [6.07, 6.45) is 1.43. The zero-order valence-electron chi connectivity index (χ0n) is 27.4. The van der Waals surface area contributed by atoms with Crippen LogP contribution in [0.1, 0.15) is 85.5 Å². The van der Waals surface area contributed by atoms with Crippen LogP contribution in [0.25, 0.3) is 0 Å². The van der Waals surface area contributed by atoms with Crippen molar-refractivity contribution in [2.24, 2.45) is 5.41 Å². The standard InChI is InChI=1S/C33H50O13/c1-19(34)27-18-26-13-21(14-28(37)40-5)31(42-20(2)35)33(39,46-26)32(3,4)11-9-30-41-12-10-25(44-30)17-24-8-6-7-23(43-24)15-22(36)16-29(38)45-27/h9,11,14,19,22-27,30-31,34,36,39H,6-8,10,12-13,15-18H2,1-5H3/b11-9+,21-14+/t19-,22-,23+,24-,25+,26+,27-,30+,31+,33-/m1/s1. The third-order valence-electron chi connectivity index (χ3n) is 9.15. The summed E-state index contributed by atoms with van der Waals surface area (Å²) in [5.74, 6) is -4.41. The largest absolute Gasteiger partial charge is 0.466 e. The fourth-order valence-corrected chi connectivity index (χ4v) is 6.61. The molecule has 260 valence electrons. The number of carbonyl (C=O) groups is 3. The van der Waals surface area contributed by atoms with Gasteiger partial charge in [0.05, 0.1) is 56.8 Å². The minimum atomic E-state index is -2.25. The van der Waals surface area contributed by atoms with Gasteiger partial charge in [0, 0.05) is 31.3 Å².